The van der Waals surface area contributed by atoms with Gasteiger partial charge < -0.3 is 9.94 Å². The van der Waals surface area contributed by atoms with E-state index in [1.165, 1.54) is 0 Å². The number of hydrogen-bond acceptors (Lipinski definition) is 3. The van der Waals surface area contributed by atoms with Crippen molar-refractivity contribution in [1.29, 1.82) is 0 Å². The van der Waals surface area contributed by atoms with Gasteiger partial charge in [0.15, 0.2) is 0 Å². The molecule has 4 heteroatoms. The summed E-state index contributed by atoms with van der Waals surface area (Å²) < 4.78 is 0. The summed E-state index contributed by atoms with van der Waals surface area (Å²) >= 11 is 0. The number of rotatable bonds is 3. The van der Waals surface area contributed by atoms with E-state index in [0.717, 1.165) is 5.56 Å². The Kier molecular flexibility index (Phi) is 3.00. The summed E-state index contributed by atoms with van der Waals surface area (Å²) in [6.45, 7) is 0. The number of carboxylic acid groups (broad SMARTS) is 1. The van der Waals surface area contributed by atoms with Gasteiger partial charge in [-0.15, -0.1) is 0 Å². The molecule has 4 nitrogen and oxygen atoms in total. The van der Waals surface area contributed by atoms with Crippen molar-refractivity contribution in [3.63, 3.8) is 0 Å². The standard InChI is InChI=1S/C12H11NO3/c14-12(15)11-8-10(13-16-11)7-6-9-4-2-1-3-5-9/h1-7,11H,8H2,(H,14,15)/b7-6+. The van der Waals surface area contributed by atoms with Gasteiger partial charge in [0.25, 0.3) is 0 Å². The maximum Gasteiger partial charge on any atom is 0.348 e. The summed E-state index contributed by atoms with van der Waals surface area (Å²) in [4.78, 5) is 15.4. The van der Waals surface area contributed by atoms with Gasteiger partial charge >= 0.3 is 5.97 Å². The van der Waals surface area contributed by atoms with Crippen LogP contribution >= 0.6 is 0 Å². The Balaban J connectivity index is 1.97. The minimum absolute atomic E-state index is 0.318. The number of carbonyl (C=O) groups is 1. The molecule has 0 bridgehead atoms. The average molecular weight is 217 g/mol. The Labute approximate surface area is 92.8 Å². The second-order valence-electron chi connectivity index (χ2n) is 3.46. The van der Waals surface area contributed by atoms with Crippen LogP contribution in [-0.4, -0.2) is 22.9 Å². The molecule has 1 aromatic rings. The molecular weight excluding hydrogens is 206 g/mol. The molecular formula is C12H11NO3. The van der Waals surface area contributed by atoms with Crippen LogP contribution in [0.4, 0.5) is 0 Å². The Morgan fingerprint density at radius 1 is 1.38 bits per heavy atom. The molecule has 0 aromatic heterocycles. The van der Waals surface area contributed by atoms with Gasteiger partial charge in [-0.3, -0.25) is 0 Å². The lowest BCUT2D eigenvalue weighted by Gasteiger charge is -1.98. The van der Waals surface area contributed by atoms with Gasteiger partial charge in [-0.1, -0.05) is 41.6 Å². The molecule has 1 aliphatic heterocycles. The third kappa shape index (κ3) is 2.48. The van der Waals surface area contributed by atoms with Crippen LogP contribution in [0, 0.1) is 0 Å². The van der Waals surface area contributed by atoms with Crippen molar-refractivity contribution >= 4 is 17.8 Å². The summed E-state index contributed by atoms with van der Waals surface area (Å²) in [5.74, 6) is -0.980. The van der Waals surface area contributed by atoms with Crippen molar-refractivity contribution in [2.24, 2.45) is 5.16 Å². The number of nitrogens with zero attached hydrogens (tertiary/aromatic N) is 1. The summed E-state index contributed by atoms with van der Waals surface area (Å²) in [6.07, 6.45) is 3.14. The summed E-state index contributed by atoms with van der Waals surface area (Å²) in [6, 6.07) is 9.73. The van der Waals surface area contributed by atoms with E-state index in [0.29, 0.717) is 12.1 Å². The maximum absolute atomic E-state index is 10.6. The highest BCUT2D eigenvalue weighted by Gasteiger charge is 2.26. The van der Waals surface area contributed by atoms with Gasteiger partial charge in [0.2, 0.25) is 6.10 Å². The van der Waals surface area contributed by atoms with Crippen molar-refractivity contribution < 1.29 is 14.7 Å². The van der Waals surface area contributed by atoms with Crippen molar-refractivity contribution in [3.05, 3.63) is 42.0 Å². The predicted octanol–water partition coefficient (Wildman–Crippen LogP) is 1.93. The lowest BCUT2D eigenvalue weighted by molar-refractivity contribution is -0.148. The van der Waals surface area contributed by atoms with Gasteiger partial charge in [-0.25, -0.2) is 4.79 Å². The Hall–Kier alpha value is -2.10. The monoisotopic (exact) mass is 217 g/mol. The molecule has 0 amide bonds. The minimum Gasteiger partial charge on any atom is -0.478 e. The van der Waals surface area contributed by atoms with E-state index in [1.807, 2.05) is 36.4 Å². The molecule has 0 radical (unpaired) electrons. The van der Waals surface area contributed by atoms with E-state index < -0.39 is 12.1 Å². The fourth-order valence-corrected chi connectivity index (χ4v) is 1.38. The number of allylic oxidation sites excluding steroid dienone is 1. The molecule has 1 N–H and O–H groups in total. The third-order valence-corrected chi connectivity index (χ3v) is 2.23. The first kappa shape index (κ1) is 10.4. The van der Waals surface area contributed by atoms with E-state index >= 15 is 0 Å². The topological polar surface area (TPSA) is 58.9 Å². The molecule has 1 unspecified atom stereocenters. The number of hydrogen-bond donors (Lipinski definition) is 1. The SMILES string of the molecule is O=C(O)C1CC(/C=C/c2ccccc2)=NO1. The fourth-order valence-electron chi connectivity index (χ4n) is 1.38. The van der Waals surface area contributed by atoms with Gasteiger partial charge in [0, 0.05) is 6.42 Å². The van der Waals surface area contributed by atoms with Gasteiger partial charge in [-0.2, -0.15) is 0 Å². The van der Waals surface area contributed by atoms with Crippen LogP contribution < -0.4 is 0 Å². The number of benzene rings is 1. The van der Waals surface area contributed by atoms with Gasteiger partial charge in [-0.05, 0) is 11.6 Å². The number of aliphatic carboxylic acids is 1. The minimum atomic E-state index is -0.980. The van der Waals surface area contributed by atoms with E-state index in [1.54, 1.807) is 6.08 Å². The van der Waals surface area contributed by atoms with Gasteiger partial charge in [0.05, 0.1) is 5.71 Å². The molecule has 0 saturated heterocycles. The van der Waals surface area contributed by atoms with Crippen LogP contribution in [0.5, 0.6) is 0 Å². The lowest BCUT2D eigenvalue weighted by Crippen LogP contribution is -2.19. The first-order valence-electron chi connectivity index (χ1n) is 4.94. The van der Waals surface area contributed by atoms with Crippen molar-refractivity contribution in [1.82, 2.24) is 0 Å². The highest BCUT2D eigenvalue weighted by atomic mass is 16.7. The van der Waals surface area contributed by atoms with Crippen LogP contribution in [0.15, 0.2) is 41.6 Å². The molecule has 1 aromatic carbocycles. The van der Waals surface area contributed by atoms with Crippen molar-refractivity contribution in [3.8, 4) is 0 Å². The van der Waals surface area contributed by atoms with E-state index in [9.17, 15) is 4.79 Å². The maximum atomic E-state index is 10.6. The Morgan fingerprint density at radius 2 is 2.12 bits per heavy atom. The van der Waals surface area contributed by atoms with Crippen LogP contribution in [-0.2, 0) is 9.63 Å². The fraction of sp³-hybridized carbons (Fsp3) is 0.167. The predicted molar refractivity (Wildman–Crippen MR) is 60.0 cm³/mol. The highest BCUT2D eigenvalue weighted by molar-refractivity contribution is 6.01. The first-order valence-corrected chi connectivity index (χ1v) is 4.94. The second kappa shape index (κ2) is 4.61. The average Bonchev–Trinajstić information content (AvgIpc) is 2.76. The normalized spacial score (nSPS) is 19.5. The molecule has 0 saturated carbocycles. The zero-order valence-electron chi connectivity index (χ0n) is 8.54. The first-order chi connectivity index (χ1) is 7.75. The van der Waals surface area contributed by atoms with Crippen molar-refractivity contribution in [2.75, 3.05) is 0 Å². The summed E-state index contributed by atoms with van der Waals surface area (Å²) in [5, 5.41) is 12.4. The zero-order chi connectivity index (χ0) is 11.4. The van der Waals surface area contributed by atoms with Crippen molar-refractivity contribution in [2.45, 2.75) is 12.5 Å². The van der Waals surface area contributed by atoms with Crippen LogP contribution in [0.2, 0.25) is 0 Å². The van der Waals surface area contributed by atoms with Gasteiger partial charge in [0.1, 0.15) is 0 Å². The van der Waals surface area contributed by atoms with E-state index in [4.69, 9.17) is 9.94 Å². The molecule has 1 heterocycles. The zero-order valence-corrected chi connectivity index (χ0v) is 8.54. The molecule has 0 spiro atoms. The van der Waals surface area contributed by atoms with E-state index in [2.05, 4.69) is 5.16 Å². The molecule has 82 valence electrons. The molecule has 0 aliphatic carbocycles. The quantitative estimate of drug-likeness (QED) is 0.841. The lowest BCUT2D eigenvalue weighted by atomic mass is 10.1. The Bertz CT molecular complexity index is 437. The summed E-state index contributed by atoms with van der Waals surface area (Å²) in [5.41, 5.74) is 1.69. The smallest absolute Gasteiger partial charge is 0.348 e. The number of oxime groups is 1. The third-order valence-electron chi connectivity index (χ3n) is 2.23. The van der Waals surface area contributed by atoms with Crippen LogP contribution in [0.1, 0.15) is 12.0 Å². The molecule has 1 aliphatic rings. The number of carboxylic acids is 1. The van der Waals surface area contributed by atoms with Crippen LogP contribution in [0.3, 0.4) is 0 Å². The largest absolute Gasteiger partial charge is 0.478 e. The molecule has 16 heavy (non-hydrogen) atoms. The molecule has 0 fully saturated rings. The molecule has 1 atom stereocenters. The molecule has 2 rings (SSSR count). The van der Waals surface area contributed by atoms with Crippen LogP contribution in [0.25, 0.3) is 6.08 Å². The second-order valence-corrected chi connectivity index (χ2v) is 3.46. The van der Waals surface area contributed by atoms with E-state index in [-0.39, 0.29) is 0 Å². The summed E-state index contributed by atoms with van der Waals surface area (Å²) in [7, 11) is 0. The highest BCUT2D eigenvalue weighted by Crippen LogP contribution is 2.12. The Morgan fingerprint density at radius 3 is 2.75 bits per heavy atom.